The first kappa shape index (κ1) is 18.4. The van der Waals surface area contributed by atoms with Crippen LogP contribution in [0, 0.1) is 0 Å². The standard InChI is InChI=1S/C15H25ClN2O2S/c1-2-10-17-11-3-4-13-21(19,20)18-12-9-14-5-7-15(16)8-6-14/h5-8,17-18H,2-4,9-13H2,1H3. The van der Waals surface area contributed by atoms with Crippen molar-refractivity contribution in [2.24, 2.45) is 0 Å². The Balaban J connectivity index is 2.16. The van der Waals surface area contributed by atoms with Crippen LogP contribution in [0.2, 0.25) is 5.02 Å². The van der Waals surface area contributed by atoms with E-state index in [1.807, 2.05) is 24.3 Å². The maximum absolute atomic E-state index is 11.8. The van der Waals surface area contributed by atoms with Crippen molar-refractivity contribution in [3.8, 4) is 0 Å². The summed E-state index contributed by atoms with van der Waals surface area (Å²) in [6, 6.07) is 7.45. The fourth-order valence-electron chi connectivity index (χ4n) is 1.92. The molecule has 0 aliphatic rings. The zero-order valence-electron chi connectivity index (χ0n) is 12.6. The number of rotatable bonds is 11. The molecular formula is C15H25ClN2O2S. The average molecular weight is 333 g/mol. The highest BCUT2D eigenvalue weighted by molar-refractivity contribution is 7.89. The first-order valence-electron chi connectivity index (χ1n) is 7.46. The molecule has 0 aromatic heterocycles. The average Bonchev–Trinajstić information content (AvgIpc) is 2.45. The van der Waals surface area contributed by atoms with Crippen LogP contribution < -0.4 is 10.0 Å². The van der Waals surface area contributed by atoms with Gasteiger partial charge in [-0.3, -0.25) is 0 Å². The van der Waals surface area contributed by atoms with E-state index in [-0.39, 0.29) is 5.75 Å². The van der Waals surface area contributed by atoms with Gasteiger partial charge >= 0.3 is 0 Å². The van der Waals surface area contributed by atoms with E-state index in [4.69, 9.17) is 11.6 Å². The van der Waals surface area contributed by atoms with Gasteiger partial charge < -0.3 is 5.32 Å². The third kappa shape index (κ3) is 9.09. The predicted octanol–water partition coefficient (Wildman–Crippen LogP) is 2.58. The Morgan fingerprint density at radius 1 is 1.05 bits per heavy atom. The van der Waals surface area contributed by atoms with E-state index in [0.29, 0.717) is 24.4 Å². The number of nitrogens with one attached hydrogen (secondary N) is 2. The van der Waals surface area contributed by atoms with Crippen molar-refractivity contribution in [1.82, 2.24) is 10.0 Å². The molecule has 0 atom stereocenters. The van der Waals surface area contributed by atoms with Crippen molar-refractivity contribution in [1.29, 1.82) is 0 Å². The molecule has 4 nitrogen and oxygen atoms in total. The second-order valence-electron chi connectivity index (χ2n) is 5.05. The van der Waals surface area contributed by atoms with Gasteiger partial charge in [0.15, 0.2) is 0 Å². The molecule has 0 saturated carbocycles. The predicted molar refractivity (Wildman–Crippen MR) is 89.3 cm³/mol. The van der Waals surface area contributed by atoms with Crippen LogP contribution in [0.3, 0.4) is 0 Å². The van der Waals surface area contributed by atoms with E-state index >= 15 is 0 Å². The number of sulfonamides is 1. The summed E-state index contributed by atoms with van der Waals surface area (Å²) in [5.74, 6) is 0.196. The minimum Gasteiger partial charge on any atom is -0.317 e. The number of hydrogen-bond donors (Lipinski definition) is 2. The Hall–Kier alpha value is -0.620. The van der Waals surface area contributed by atoms with Crippen LogP contribution in [0.15, 0.2) is 24.3 Å². The molecule has 21 heavy (non-hydrogen) atoms. The summed E-state index contributed by atoms with van der Waals surface area (Å²) >= 11 is 5.80. The molecule has 6 heteroatoms. The van der Waals surface area contributed by atoms with Crippen molar-refractivity contribution >= 4 is 21.6 Å². The van der Waals surface area contributed by atoms with E-state index in [2.05, 4.69) is 17.0 Å². The number of unbranched alkanes of at least 4 members (excludes halogenated alkanes) is 1. The van der Waals surface area contributed by atoms with Crippen molar-refractivity contribution in [3.05, 3.63) is 34.9 Å². The van der Waals surface area contributed by atoms with Gasteiger partial charge in [-0.15, -0.1) is 0 Å². The molecule has 0 spiro atoms. The topological polar surface area (TPSA) is 58.2 Å². The molecule has 0 aliphatic carbocycles. The maximum atomic E-state index is 11.8. The molecule has 0 saturated heterocycles. The number of hydrogen-bond acceptors (Lipinski definition) is 3. The summed E-state index contributed by atoms with van der Waals surface area (Å²) in [7, 11) is -3.16. The summed E-state index contributed by atoms with van der Waals surface area (Å²) in [4.78, 5) is 0. The van der Waals surface area contributed by atoms with Gasteiger partial charge in [0.25, 0.3) is 0 Å². The molecule has 2 N–H and O–H groups in total. The van der Waals surface area contributed by atoms with E-state index in [9.17, 15) is 8.42 Å². The third-order valence-corrected chi connectivity index (χ3v) is 4.81. The quantitative estimate of drug-likeness (QED) is 0.612. The van der Waals surface area contributed by atoms with E-state index in [0.717, 1.165) is 31.5 Å². The molecule has 1 aromatic carbocycles. The first-order chi connectivity index (χ1) is 10.0. The zero-order chi connectivity index (χ0) is 15.6. The Morgan fingerprint density at radius 2 is 1.76 bits per heavy atom. The van der Waals surface area contributed by atoms with Crippen molar-refractivity contribution < 1.29 is 8.42 Å². The van der Waals surface area contributed by atoms with E-state index in [1.54, 1.807) is 0 Å². The number of benzene rings is 1. The highest BCUT2D eigenvalue weighted by Crippen LogP contribution is 2.09. The molecule has 1 aromatic rings. The normalized spacial score (nSPS) is 11.7. The fraction of sp³-hybridized carbons (Fsp3) is 0.600. The van der Waals surface area contributed by atoms with Gasteiger partial charge in [0.05, 0.1) is 5.75 Å². The lowest BCUT2D eigenvalue weighted by Crippen LogP contribution is -2.28. The lowest BCUT2D eigenvalue weighted by atomic mass is 10.2. The molecule has 0 amide bonds. The molecule has 0 radical (unpaired) electrons. The van der Waals surface area contributed by atoms with Crippen LogP contribution in [0.5, 0.6) is 0 Å². The smallest absolute Gasteiger partial charge is 0.211 e. The molecule has 120 valence electrons. The van der Waals surface area contributed by atoms with Gasteiger partial charge in [-0.25, -0.2) is 13.1 Å². The van der Waals surface area contributed by atoms with Crippen molar-refractivity contribution in [2.45, 2.75) is 32.6 Å². The van der Waals surface area contributed by atoms with Gasteiger partial charge in [-0.2, -0.15) is 0 Å². The van der Waals surface area contributed by atoms with Crippen LogP contribution in [-0.4, -0.2) is 33.8 Å². The monoisotopic (exact) mass is 332 g/mol. The van der Waals surface area contributed by atoms with Gasteiger partial charge in [-0.05, 0) is 56.5 Å². The molecule has 0 heterocycles. The van der Waals surface area contributed by atoms with Crippen LogP contribution in [-0.2, 0) is 16.4 Å². The van der Waals surface area contributed by atoms with Gasteiger partial charge in [-0.1, -0.05) is 30.7 Å². The molecule has 1 rings (SSSR count). The molecule has 0 unspecified atom stereocenters. The summed E-state index contributed by atoms with van der Waals surface area (Å²) in [6.45, 7) is 4.42. The summed E-state index contributed by atoms with van der Waals surface area (Å²) in [5, 5.41) is 3.96. The van der Waals surface area contributed by atoms with E-state index in [1.165, 1.54) is 0 Å². The van der Waals surface area contributed by atoms with Crippen molar-refractivity contribution in [3.63, 3.8) is 0 Å². The highest BCUT2D eigenvalue weighted by atomic mass is 35.5. The van der Waals surface area contributed by atoms with Crippen LogP contribution >= 0.6 is 11.6 Å². The van der Waals surface area contributed by atoms with E-state index < -0.39 is 10.0 Å². The molecule has 0 fully saturated rings. The Morgan fingerprint density at radius 3 is 2.43 bits per heavy atom. The minimum atomic E-state index is -3.16. The molecule has 0 bridgehead atoms. The van der Waals surface area contributed by atoms with Gasteiger partial charge in [0.2, 0.25) is 10.0 Å². The summed E-state index contributed by atoms with van der Waals surface area (Å²) in [6.07, 6.45) is 3.35. The Labute approximate surface area is 133 Å². The van der Waals surface area contributed by atoms with Crippen LogP contribution in [0.1, 0.15) is 31.7 Å². The maximum Gasteiger partial charge on any atom is 0.211 e. The van der Waals surface area contributed by atoms with Crippen LogP contribution in [0.4, 0.5) is 0 Å². The van der Waals surface area contributed by atoms with Gasteiger partial charge in [0, 0.05) is 11.6 Å². The zero-order valence-corrected chi connectivity index (χ0v) is 14.1. The number of halogens is 1. The minimum absolute atomic E-state index is 0.196. The Kier molecular flexibility index (Phi) is 8.92. The lowest BCUT2D eigenvalue weighted by molar-refractivity contribution is 0.573. The van der Waals surface area contributed by atoms with Gasteiger partial charge in [0.1, 0.15) is 0 Å². The molecular weight excluding hydrogens is 308 g/mol. The largest absolute Gasteiger partial charge is 0.317 e. The SMILES string of the molecule is CCCNCCCCS(=O)(=O)NCCc1ccc(Cl)cc1. The fourth-order valence-corrected chi connectivity index (χ4v) is 3.19. The van der Waals surface area contributed by atoms with Crippen molar-refractivity contribution in [2.75, 3.05) is 25.4 Å². The Bertz CT molecular complexity index is 489. The summed E-state index contributed by atoms with van der Waals surface area (Å²) < 4.78 is 26.3. The first-order valence-corrected chi connectivity index (χ1v) is 9.49. The third-order valence-electron chi connectivity index (χ3n) is 3.09. The second kappa shape index (κ2) is 10.2. The molecule has 0 aliphatic heterocycles. The lowest BCUT2D eigenvalue weighted by Gasteiger charge is -2.07. The summed E-state index contributed by atoms with van der Waals surface area (Å²) in [5.41, 5.74) is 1.07. The van der Waals surface area contributed by atoms with Crippen LogP contribution in [0.25, 0.3) is 0 Å². The highest BCUT2D eigenvalue weighted by Gasteiger charge is 2.08. The second-order valence-corrected chi connectivity index (χ2v) is 7.41.